The minimum Gasteiger partial charge on any atom is -0.460 e. The van der Waals surface area contributed by atoms with Gasteiger partial charge in [-0.25, -0.2) is 9.18 Å². The number of rotatable bonds is 4. The Morgan fingerprint density at radius 2 is 2.17 bits per heavy atom. The van der Waals surface area contributed by atoms with Crippen molar-refractivity contribution in [1.82, 2.24) is 10.2 Å². The fourth-order valence-electron chi connectivity index (χ4n) is 2.64. The standard InChI is InChI=1S/C17H16FN3O3/c18-14-4-2-1-3-12(14)15-13(9-20-21-15)16(22)24-11-17(10-19)5-7-23-8-6-17/h1-4,9H,5-8,11H2,(H,20,21). The lowest BCUT2D eigenvalue weighted by Crippen LogP contribution is -2.33. The molecule has 0 amide bonds. The van der Waals surface area contributed by atoms with Crippen LogP contribution in [0.1, 0.15) is 23.2 Å². The maximum absolute atomic E-state index is 13.9. The number of esters is 1. The number of hydrogen-bond donors (Lipinski definition) is 1. The van der Waals surface area contributed by atoms with Gasteiger partial charge in [-0.2, -0.15) is 10.4 Å². The van der Waals surface area contributed by atoms with Gasteiger partial charge >= 0.3 is 5.97 Å². The number of aromatic amines is 1. The zero-order valence-electron chi connectivity index (χ0n) is 12.9. The first kappa shape index (κ1) is 16.1. The van der Waals surface area contributed by atoms with Crippen molar-refractivity contribution in [2.75, 3.05) is 19.8 Å². The van der Waals surface area contributed by atoms with E-state index in [-0.39, 0.29) is 23.4 Å². The molecule has 1 fully saturated rings. The van der Waals surface area contributed by atoms with Gasteiger partial charge < -0.3 is 9.47 Å². The third-order valence-corrected chi connectivity index (χ3v) is 4.17. The quantitative estimate of drug-likeness (QED) is 0.871. The van der Waals surface area contributed by atoms with Gasteiger partial charge in [0.1, 0.15) is 18.0 Å². The second kappa shape index (κ2) is 6.81. The average molecular weight is 329 g/mol. The molecule has 3 rings (SSSR count). The van der Waals surface area contributed by atoms with Gasteiger partial charge in [-0.15, -0.1) is 0 Å². The largest absolute Gasteiger partial charge is 0.460 e. The Bertz CT molecular complexity index is 775. The Labute approximate surface area is 138 Å². The molecule has 1 aliphatic rings. The number of nitrogens with one attached hydrogen (secondary N) is 1. The van der Waals surface area contributed by atoms with Gasteiger partial charge in [-0.3, -0.25) is 5.10 Å². The number of carbonyl (C=O) groups excluding carboxylic acids is 1. The van der Waals surface area contributed by atoms with Crippen LogP contribution in [0.5, 0.6) is 0 Å². The van der Waals surface area contributed by atoms with Crippen molar-refractivity contribution in [2.45, 2.75) is 12.8 Å². The minimum atomic E-state index is -0.726. The topological polar surface area (TPSA) is 88.0 Å². The highest BCUT2D eigenvalue weighted by Crippen LogP contribution is 2.31. The summed E-state index contributed by atoms with van der Waals surface area (Å²) in [6, 6.07) is 8.32. The molecule has 1 saturated heterocycles. The summed E-state index contributed by atoms with van der Waals surface area (Å²) in [4.78, 5) is 12.4. The first-order valence-corrected chi connectivity index (χ1v) is 7.60. The molecule has 1 aromatic carbocycles. The third kappa shape index (κ3) is 3.14. The molecular formula is C17H16FN3O3. The van der Waals surface area contributed by atoms with E-state index >= 15 is 0 Å². The molecule has 1 aromatic heterocycles. The van der Waals surface area contributed by atoms with E-state index in [2.05, 4.69) is 16.3 Å². The maximum atomic E-state index is 13.9. The number of carbonyl (C=O) groups is 1. The van der Waals surface area contributed by atoms with Gasteiger partial charge in [0, 0.05) is 18.8 Å². The number of ether oxygens (including phenoxy) is 2. The van der Waals surface area contributed by atoms with E-state index in [1.54, 1.807) is 18.2 Å². The van der Waals surface area contributed by atoms with E-state index in [1.807, 2.05) is 0 Å². The molecular weight excluding hydrogens is 313 g/mol. The molecule has 24 heavy (non-hydrogen) atoms. The van der Waals surface area contributed by atoms with Crippen molar-refractivity contribution in [1.29, 1.82) is 5.26 Å². The third-order valence-electron chi connectivity index (χ3n) is 4.17. The molecule has 0 bridgehead atoms. The zero-order chi connectivity index (χ0) is 17.0. The van der Waals surface area contributed by atoms with Crippen molar-refractivity contribution >= 4 is 5.97 Å². The summed E-state index contributed by atoms with van der Waals surface area (Å²) in [7, 11) is 0. The Kier molecular flexibility index (Phi) is 4.58. The van der Waals surface area contributed by atoms with E-state index in [1.165, 1.54) is 12.3 Å². The van der Waals surface area contributed by atoms with E-state index < -0.39 is 17.2 Å². The fourth-order valence-corrected chi connectivity index (χ4v) is 2.64. The van der Waals surface area contributed by atoms with Crippen molar-refractivity contribution in [2.24, 2.45) is 5.41 Å². The average Bonchev–Trinajstić information content (AvgIpc) is 3.10. The molecule has 0 unspecified atom stereocenters. The highest BCUT2D eigenvalue weighted by molar-refractivity contribution is 5.96. The fraction of sp³-hybridized carbons (Fsp3) is 0.353. The monoisotopic (exact) mass is 329 g/mol. The smallest absolute Gasteiger partial charge is 0.342 e. The summed E-state index contributed by atoms with van der Waals surface area (Å²) < 4.78 is 24.5. The molecule has 2 aromatic rings. The van der Waals surface area contributed by atoms with Crippen LogP contribution in [0.25, 0.3) is 11.3 Å². The van der Waals surface area contributed by atoms with Crippen LogP contribution in [-0.2, 0) is 9.47 Å². The van der Waals surface area contributed by atoms with Crippen LogP contribution in [0.3, 0.4) is 0 Å². The number of nitriles is 1. The van der Waals surface area contributed by atoms with E-state index in [0.29, 0.717) is 26.1 Å². The van der Waals surface area contributed by atoms with E-state index in [0.717, 1.165) is 0 Å². The van der Waals surface area contributed by atoms with E-state index in [9.17, 15) is 14.4 Å². The summed E-state index contributed by atoms with van der Waals surface area (Å²) in [5.74, 6) is -1.10. The lowest BCUT2D eigenvalue weighted by atomic mass is 9.83. The Morgan fingerprint density at radius 3 is 2.88 bits per heavy atom. The van der Waals surface area contributed by atoms with Crippen LogP contribution in [-0.4, -0.2) is 36.0 Å². The Hall–Kier alpha value is -2.72. The predicted octanol–water partition coefficient (Wildman–Crippen LogP) is 2.69. The summed E-state index contributed by atoms with van der Waals surface area (Å²) >= 11 is 0. The number of nitrogens with zero attached hydrogens (tertiary/aromatic N) is 2. The molecule has 1 N–H and O–H groups in total. The summed E-state index contributed by atoms with van der Waals surface area (Å²) in [6.45, 7) is 0.919. The van der Waals surface area contributed by atoms with Crippen molar-refractivity contribution in [3.05, 3.63) is 41.8 Å². The molecule has 0 atom stereocenters. The van der Waals surface area contributed by atoms with Gasteiger partial charge in [0.2, 0.25) is 0 Å². The van der Waals surface area contributed by atoms with Crippen molar-refractivity contribution < 1.29 is 18.7 Å². The van der Waals surface area contributed by atoms with Crippen LogP contribution in [0, 0.1) is 22.6 Å². The molecule has 0 aliphatic carbocycles. The minimum absolute atomic E-state index is 0.0203. The van der Waals surface area contributed by atoms with Gasteiger partial charge in [0.25, 0.3) is 0 Å². The molecule has 0 saturated carbocycles. The lowest BCUT2D eigenvalue weighted by Gasteiger charge is -2.29. The summed E-state index contributed by atoms with van der Waals surface area (Å²) in [5.41, 5.74) is -0.0881. The normalized spacial score (nSPS) is 16.3. The molecule has 124 valence electrons. The Balaban J connectivity index is 1.76. The van der Waals surface area contributed by atoms with Crippen LogP contribution < -0.4 is 0 Å². The highest BCUT2D eigenvalue weighted by atomic mass is 19.1. The maximum Gasteiger partial charge on any atom is 0.342 e. The molecule has 7 heteroatoms. The van der Waals surface area contributed by atoms with Gasteiger partial charge in [0.15, 0.2) is 0 Å². The zero-order valence-corrected chi connectivity index (χ0v) is 12.9. The lowest BCUT2D eigenvalue weighted by molar-refractivity contribution is -0.00462. The van der Waals surface area contributed by atoms with Crippen molar-refractivity contribution in [3.8, 4) is 17.3 Å². The van der Waals surface area contributed by atoms with Crippen molar-refractivity contribution in [3.63, 3.8) is 0 Å². The van der Waals surface area contributed by atoms with Gasteiger partial charge in [-0.1, -0.05) is 12.1 Å². The Morgan fingerprint density at radius 1 is 1.42 bits per heavy atom. The van der Waals surface area contributed by atoms with Crippen LogP contribution >= 0.6 is 0 Å². The van der Waals surface area contributed by atoms with Gasteiger partial charge in [0.05, 0.1) is 23.4 Å². The predicted molar refractivity (Wildman–Crippen MR) is 82.4 cm³/mol. The first-order chi connectivity index (χ1) is 11.7. The molecule has 2 heterocycles. The number of benzene rings is 1. The molecule has 6 nitrogen and oxygen atoms in total. The number of halogens is 1. The number of aromatic nitrogens is 2. The number of H-pyrrole nitrogens is 1. The van der Waals surface area contributed by atoms with Crippen LogP contribution in [0.4, 0.5) is 4.39 Å². The van der Waals surface area contributed by atoms with Crippen LogP contribution in [0.2, 0.25) is 0 Å². The second-order valence-electron chi connectivity index (χ2n) is 5.72. The molecule has 0 spiro atoms. The summed E-state index contributed by atoms with van der Waals surface area (Å²) in [6.07, 6.45) is 2.33. The van der Waals surface area contributed by atoms with Crippen LogP contribution in [0.15, 0.2) is 30.5 Å². The first-order valence-electron chi connectivity index (χ1n) is 7.60. The molecule has 1 aliphatic heterocycles. The number of hydrogen-bond acceptors (Lipinski definition) is 5. The summed E-state index contributed by atoms with van der Waals surface area (Å²) in [5, 5.41) is 15.8. The van der Waals surface area contributed by atoms with E-state index in [4.69, 9.17) is 9.47 Å². The van der Waals surface area contributed by atoms with Gasteiger partial charge in [-0.05, 0) is 25.0 Å². The molecule has 0 radical (unpaired) electrons. The SMILES string of the molecule is N#CC1(COC(=O)c2cn[nH]c2-c2ccccc2F)CCOCC1. The second-order valence-corrected chi connectivity index (χ2v) is 5.72. The highest BCUT2D eigenvalue weighted by Gasteiger charge is 2.35.